The Kier molecular flexibility index (Phi) is 16.0. The number of esters is 1. The van der Waals surface area contributed by atoms with E-state index in [0.29, 0.717) is 26.9 Å². The molecular formula is C29H43O4P. The second-order valence-corrected chi connectivity index (χ2v) is 8.82. The first-order valence-corrected chi connectivity index (χ1v) is 13.2. The summed E-state index contributed by atoms with van der Waals surface area (Å²) in [6, 6.07) is 15.0. The topological polar surface area (TPSA) is 60.4 Å². The molecule has 0 aliphatic heterocycles. The second kappa shape index (κ2) is 18.2. The van der Waals surface area contributed by atoms with Crippen LogP contribution in [0.2, 0.25) is 0 Å². The van der Waals surface area contributed by atoms with Gasteiger partial charge in [0.2, 0.25) is 0 Å². The Labute approximate surface area is 208 Å². The van der Waals surface area contributed by atoms with Crippen molar-refractivity contribution in [3.05, 3.63) is 70.8 Å². The summed E-state index contributed by atoms with van der Waals surface area (Å²) in [7, 11) is 0.611. The molecule has 0 heterocycles. The lowest BCUT2D eigenvalue weighted by Crippen LogP contribution is -2.26. The number of Topliss-reactive ketones (excluding diaryl/α,β-unsaturated/α-hetero) is 1. The monoisotopic (exact) mass is 486 g/mol. The van der Waals surface area contributed by atoms with Crippen LogP contribution in [0, 0.1) is 13.8 Å². The predicted octanol–water partition coefficient (Wildman–Crippen LogP) is 7.67. The zero-order valence-electron chi connectivity index (χ0n) is 21.3. The number of ketones is 1. The number of ether oxygens (including phenoxy) is 1. The van der Waals surface area contributed by atoms with Crippen molar-refractivity contribution in [1.29, 1.82) is 0 Å². The van der Waals surface area contributed by atoms with Gasteiger partial charge in [-0.2, -0.15) is 0 Å². The third kappa shape index (κ3) is 10.4. The highest BCUT2D eigenvalue weighted by Crippen LogP contribution is 2.26. The molecule has 188 valence electrons. The zero-order valence-corrected chi connectivity index (χ0v) is 22.7. The molecule has 0 bridgehead atoms. The number of hydrogen-bond acceptors (Lipinski definition) is 4. The van der Waals surface area contributed by atoms with Crippen LogP contribution >= 0.6 is 9.12 Å². The van der Waals surface area contributed by atoms with Gasteiger partial charge >= 0.3 is 5.97 Å². The molecular weight excluding hydrogens is 443 g/mol. The summed E-state index contributed by atoms with van der Waals surface area (Å²) in [6.45, 7) is 6.45. The van der Waals surface area contributed by atoms with Gasteiger partial charge in [-0.05, 0) is 37.0 Å². The smallest absolute Gasteiger partial charge is 0.321 e. The number of hydrogen-bond donors (Lipinski definition) is 0. The van der Waals surface area contributed by atoms with Crippen LogP contribution in [0.1, 0.15) is 104 Å². The summed E-state index contributed by atoms with van der Waals surface area (Å²) in [5, 5.41) is 0. The van der Waals surface area contributed by atoms with E-state index in [4.69, 9.17) is 9.30 Å². The predicted molar refractivity (Wildman–Crippen MR) is 144 cm³/mol. The van der Waals surface area contributed by atoms with Crippen LogP contribution in [-0.4, -0.2) is 18.4 Å². The number of rotatable bonds is 15. The maximum Gasteiger partial charge on any atom is 0.321 e. The highest BCUT2D eigenvalue weighted by Gasteiger charge is 2.32. The SMILES string of the molecule is CCCCCCCCCCCCOC(=O)C(C(=O)c1c(C)cccc1C)c1ccccc1.O=[PH3]. The van der Waals surface area contributed by atoms with E-state index in [1.807, 2.05) is 62.4 Å². The molecule has 34 heavy (non-hydrogen) atoms. The summed E-state index contributed by atoms with van der Waals surface area (Å²) >= 11 is 0. The Hall–Kier alpha value is -2.19. The molecule has 0 spiro atoms. The van der Waals surface area contributed by atoms with Crippen molar-refractivity contribution >= 4 is 20.9 Å². The Morgan fingerprint density at radius 1 is 0.735 bits per heavy atom. The molecule has 0 aliphatic carbocycles. The van der Waals surface area contributed by atoms with E-state index >= 15 is 0 Å². The van der Waals surface area contributed by atoms with Crippen LogP contribution in [0.25, 0.3) is 0 Å². The summed E-state index contributed by atoms with van der Waals surface area (Å²) in [6.07, 6.45) is 12.3. The third-order valence-electron chi connectivity index (χ3n) is 6.10. The number of benzene rings is 2. The van der Waals surface area contributed by atoms with E-state index in [1.54, 1.807) is 0 Å². The molecule has 0 N–H and O–H groups in total. The summed E-state index contributed by atoms with van der Waals surface area (Å²) in [5.74, 6) is -1.54. The van der Waals surface area contributed by atoms with E-state index in [2.05, 4.69) is 6.92 Å². The van der Waals surface area contributed by atoms with Crippen molar-refractivity contribution in [2.75, 3.05) is 6.61 Å². The summed E-state index contributed by atoms with van der Waals surface area (Å²) in [4.78, 5) is 26.4. The lowest BCUT2D eigenvalue weighted by atomic mass is 9.87. The van der Waals surface area contributed by atoms with Gasteiger partial charge in [0, 0.05) is 5.56 Å². The van der Waals surface area contributed by atoms with Gasteiger partial charge in [0.15, 0.2) is 5.78 Å². The molecule has 0 fully saturated rings. The average Bonchev–Trinajstić information content (AvgIpc) is 2.84. The number of carbonyl (C=O) groups excluding carboxylic acids is 2. The van der Waals surface area contributed by atoms with Crippen LogP contribution in [0.15, 0.2) is 48.5 Å². The number of carbonyl (C=O) groups is 2. The summed E-state index contributed by atoms with van der Waals surface area (Å²) in [5.41, 5.74) is 3.09. The van der Waals surface area contributed by atoms with Crippen molar-refractivity contribution in [1.82, 2.24) is 0 Å². The quantitative estimate of drug-likeness (QED) is 0.0852. The van der Waals surface area contributed by atoms with E-state index in [0.717, 1.165) is 24.0 Å². The van der Waals surface area contributed by atoms with Crippen molar-refractivity contribution in [3.8, 4) is 0 Å². The van der Waals surface area contributed by atoms with E-state index in [1.165, 1.54) is 51.4 Å². The highest BCUT2D eigenvalue weighted by molar-refractivity contribution is 7.00. The van der Waals surface area contributed by atoms with Gasteiger partial charge in [0.05, 0.1) is 15.7 Å². The van der Waals surface area contributed by atoms with Crippen LogP contribution in [0.3, 0.4) is 0 Å². The maximum atomic E-state index is 13.4. The van der Waals surface area contributed by atoms with E-state index < -0.39 is 11.9 Å². The fourth-order valence-electron chi connectivity index (χ4n) is 4.23. The Bertz CT molecular complexity index is 830. The van der Waals surface area contributed by atoms with Gasteiger partial charge in [0.25, 0.3) is 0 Å². The Morgan fingerprint density at radius 2 is 1.24 bits per heavy atom. The molecule has 5 heteroatoms. The van der Waals surface area contributed by atoms with Crippen LogP contribution in [0.4, 0.5) is 0 Å². The fourth-order valence-corrected chi connectivity index (χ4v) is 4.23. The molecule has 2 rings (SSSR count). The minimum atomic E-state index is -0.917. The van der Waals surface area contributed by atoms with Crippen LogP contribution < -0.4 is 0 Å². The van der Waals surface area contributed by atoms with Gasteiger partial charge < -0.3 is 9.30 Å². The molecule has 2 aromatic rings. The van der Waals surface area contributed by atoms with Gasteiger partial charge in [0.1, 0.15) is 5.92 Å². The lowest BCUT2D eigenvalue weighted by Gasteiger charge is -2.18. The number of unbranched alkanes of at least 4 members (excludes halogenated alkanes) is 9. The highest BCUT2D eigenvalue weighted by atomic mass is 31.0. The molecule has 2 unspecified atom stereocenters. The molecule has 2 aromatic carbocycles. The first-order chi connectivity index (χ1) is 16.6. The van der Waals surface area contributed by atoms with Crippen molar-refractivity contribution in [3.63, 3.8) is 0 Å². The van der Waals surface area contributed by atoms with Crippen molar-refractivity contribution in [2.45, 2.75) is 90.9 Å². The molecule has 0 aromatic heterocycles. The standard InChI is InChI=1S/C29H40O3.H3OP/c1-4-5-6-7-8-9-10-11-12-16-22-32-29(31)27(25-20-14-13-15-21-25)28(30)26-23(2)18-17-19-24(26)3;1-2/h13-15,17-21,27H,4-12,16,22H2,1-3H3;2H3. The van der Waals surface area contributed by atoms with Crippen LogP contribution in [0.5, 0.6) is 0 Å². The second-order valence-electron chi connectivity index (χ2n) is 8.82. The fraction of sp³-hybridized carbons (Fsp3) is 0.517. The first-order valence-electron chi connectivity index (χ1n) is 12.7. The maximum absolute atomic E-state index is 13.4. The van der Waals surface area contributed by atoms with Gasteiger partial charge in [-0.1, -0.05) is 113 Å². The molecule has 0 radical (unpaired) electrons. The lowest BCUT2D eigenvalue weighted by molar-refractivity contribution is -0.144. The third-order valence-corrected chi connectivity index (χ3v) is 6.10. The van der Waals surface area contributed by atoms with E-state index in [9.17, 15) is 9.59 Å². The van der Waals surface area contributed by atoms with Crippen molar-refractivity contribution < 1.29 is 18.9 Å². The molecule has 0 amide bonds. The number of aryl methyl sites for hydroxylation is 2. The van der Waals surface area contributed by atoms with Gasteiger partial charge in [-0.25, -0.2) is 0 Å². The van der Waals surface area contributed by atoms with E-state index in [-0.39, 0.29) is 5.78 Å². The minimum absolute atomic E-state index is 0.181. The minimum Gasteiger partial charge on any atom is -0.465 e. The van der Waals surface area contributed by atoms with Gasteiger partial charge in [-0.3, -0.25) is 9.59 Å². The first kappa shape index (κ1) is 29.8. The molecule has 4 nitrogen and oxygen atoms in total. The normalized spacial score (nSPS) is 11.4. The molecule has 0 saturated heterocycles. The van der Waals surface area contributed by atoms with Crippen molar-refractivity contribution in [2.24, 2.45) is 0 Å². The summed E-state index contributed by atoms with van der Waals surface area (Å²) < 4.78 is 13.9. The average molecular weight is 487 g/mol. The Morgan fingerprint density at radius 3 is 1.76 bits per heavy atom. The molecule has 0 saturated carbocycles. The molecule has 0 aliphatic rings. The largest absolute Gasteiger partial charge is 0.465 e. The van der Waals surface area contributed by atoms with Crippen LogP contribution in [-0.2, 0) is 14.1 Å². The zero-order chi connectivity index (χ0) is 25.2. The Balaban J connectivity index is 0.00000281. The molecule has 2 atom stereocenters. The van der Waals surface area contributed by atoms with Gasteiger partial charge in [-0.15, -0.1) is 0 Å².